The molecule has 106 valence electrons. The standard InChI is InChI=1S/C15H12BrN3O2/c16-11-4-1-3-10(7-11)15(21)17-8-12-9-19-6-2-5-13(20)14(19)18-12/h1-7,9,20H,8H2,(H,17,21). The van der Waals surface area contributed by atoms with Gasteiger partial charge in [-0.3, -0.25) is 4.79 Å². The molecule has 0 aliphatic heterocycles. The lowest BCUT2D eigenvalue weighted by atomic mass is 10.2. The molecule has 2 aromatic heterocycles. The van der Waals surface area contributed by atoms with Crippen LogP contribution in [0.3, 0.4) is 0 Å². The predicted molar refractivity (Wildman–Crippen MR) is 82.2 cm³/mol. The number of hydrogen-bond donors (Lipinski definition) is 2. The Morgan fingerprint density at radius 3 is 2.95 bits per heavy atom. The molecule has 6 heteroatoms. The number of aromatic nitrogens is 2. The van der Waals surface area contributed by atoms with Crippen LogP contribution >= 0.6 is 15.9 Å². The van der Waals surface area contributed by atoms with Crippen molar-refractivity contribution in [3.8, 4) is 5.75 Å². The third kappa shape index (κ3) is 2.90. The van der Waals surface area contributed by atoms with E-state index in [4.69, 9.17) is 0 Å². The van der Waals surface area contributed by atoms with Crippen molar-refractivity contribution in [2.75, 3.05) is 0 Å². The average Bonchev–Trinajstić information content (AvgIpc) is 2.89. The van der Waals surface area contributed by atoms with E-state index in [0.29, 0.717) is 23.4 Å². The predicted octanol–water partition coefficient (Wildman–Crippen LogP) is 2.73. The van der Waals surface area contributed by atoms with Crippen LogP contribution in [0.1, 0.15) is 16.1 Å². The number of imidazole rings is 1. The molecule has 21 heavy (non-hydrogen) atoms. The molecule has 0 radical (unpaired) electrons. The summed E-state index contributed by atoms with van der Waals surface area (Å²) in [5.74, 6) is -0.0559. The van der Waals surface area contributed by atoms with E-state index in [1.54, 1.807) is 41.1 Å². The Hall–Kier alpha value is -2.34. The first-order valence-electron chi connectivity index (χ1n) is 6.33. The van der Waals surface area contributed by atoms with Gasteiger partial charge in [0.2, 0.25) is 0 Å². The molecule has 3 rings (SSSR count). The normalized spacial score (nSPS) is 10.7. The van der Waals surface area contributed by atoms with Gasteiger partial charge in [0.25, 0.3) is 5.91 Å². The molecular weight excluding hydrogens is 334 g/mol. The summed E-state index contributed by atoms with van der Waals surface area (Å²) < 4.78 is 2.57. The van der Waals surface area contributed by atoms with Crippen LogP contribution in [0.25, 0.3) is 5.65 Å². The molecule has 1 aromatic carbocycles. The van der Waals surface area contributed by atoms with Crippen LogP contribution in [0.5, 0.6) is 5.75 Å². The van der Waals surface area contributed by atoms with Crippen molar-refractivity contribution in [2.24, 2.45) is 0 Å². The van der Waals surface area contributed by atoms with Crippen molar-refractivity contribution in [2.45, 2.75) is 6.54 Å². The van der Waals surface area contributed by atoms with Crippen LogP contribution in [0.15, 0.2) is 53.3 Å². The third-order valence-electron chi connectivity index (χ3n) is 3.03. The van der Waals surface area contributed by atoms with Gasteiger partial charge < -0.3 is 14.8 Å². The number of halogens is 1. The molecule has 0 atom stereocenters. The SMILES string of the molecule is O=C(NCc1cn2cccc(O)c2n1)c1cccc(Br)c1. The van der Waals surface area contributed by atoms with Crippen LogP contribution < -0.4 is 5.32 Å². The first-order valence-corrected chi connectivity index (χ1v) is 7.12. The summed E-state index contributed by atoms with van der Waals surface area (Å²) >= 11 is 3.33. The number of benzene rings is 1. The lowest BCUT2D eigenvalue weighted by molar-refractivity contribution is 0.0950. The maximum absolute atomic E-state index is 12.0. The van der Waals surface area contributed by atoms with E-state index in [-0.39, 0.29) is 11.7 Å². The Morgan fingerprint density at radius 1 is 1.33 bits per heavy atom. The van der Waals surface area contributed by atoms with Gasteiger partial charge in [-0.1, -0.05) is 22.0 Å². The summed E-state index contributed by atoms with van der Waals surface area (Å²) in [4.78, 5) is 16.3. The lowest BCUT2D eigenvalue weighted by Gasteiger charge is -2.03. The second kappa shape index (κ2) is 5.57. The van der Waals surface area contributed by atoms with Crippen molar-refractivity contribution in [3.05, 3.63) is 64.5 Å². The molecule has 0 saturated carbocycles. The fourth-order valence-corrected chi connectivity index (χ4v) is 2.44. The Kier molecular flexibility index (Phi) is 3.62. The number of rotatable bonds is 3. The minimum atomic E-state index is -0.169. The van der Waals surface area contributed by atoms with E-state index in [9.17, 15) is 9.90 Å². The molecule has 0 spiro atoms. The number of aromatic hydroxyl groups is 1. The van der Waals surface area contributed by atoms with Gasteiger partial charge in [-0.05, 0) is 30.3 Å². The van der Waals surface area contributed by atoms with Crippen LogP contribution in [-0.4, -0.2) is 20.4 Å². The summed E-state index contributed by atoms with van der Waals surface area (Å²) in [6.07, 6.45) is 3.57. The van der Waals surface area contributed by atoms with Crippen molar-refractivity contribution >= 4 is 27.5 Å². The molecule has 0 aliphatic carbocycles. The molecule has 2 N–H and O–H groups in total. The number of nitrogens with one attached hydrogen (secondary N) is 1. The van der Waals surface area contributed by atoms with Crippen molar-refractivity contribution < 1.29 is 9.90 Å². The zero-order chi connectivity index (χ0) is 14.8. The average molecular weight is 346 g/mol. The lowest BCUT2D eigenvalue weighted by Crippen LogP contribution is -2.22. The van der Waals surface area contributed by atoms with Gasteiger partial charge in [0.15, 0.2) is 11.4 Å². The number of carbonyl (C=O) groups excluding carboxylic acids is 1. The highest BCUT2D eigenvalue weighted by molar-refractivity contribution is 9.10. The minimum absolute atomic E-state index is 0.113. The highest BCUT2D eigenvalue weighted by Gasteiger charge is 2.08. The summed E-state index contributed by atoms with van der Waals surface area (Å²) in [5, 5.41) is 12.5. The van der Waals surface area contributed by atoms with E-state index in [2.05, 4.69) is 26.2 Å². The number of pyridine rings is 1. The number of hydrogen-bond acceptors (Lipinski definition) is 3. The number of carbonyl (C=O) groups is 1. The first kappa shape index (κ1) is 13.6. The Labute approximate surface area is 129 Å². The summed E-state index contributed by atoms with van der Waals surface area (Å²) in [7, 11) is 0. The second-order valence-corrected chi connectivity index (χ2v) is 5.47. The van der Waals surface area contributed by atoms with Gasteiger partial charge in [0.05, 0.1) is 12.2 Å². The summed E-state index contributed by atoms with van der Waals surface area (Å²) in [6, 6.07) is 10.5. The third-order valence-corrected chi connectivity index (χ3v) is 3.52. The Balaban J connectivity index is 1.74. The van der Waals surface area contributed by atoms with E-state index in [1.165, 1.54) is 0 Å². The zero-order valence-electron chi connectivity index (χ0n) is 11.0. The number of amides is 1. The van der Waals surface area contributed by atoms with E-state index < -0.39 is 0 Å². The second-order valence-electron chi connectivity index (χ2n) is 4.55. The van der Waals surface area contributed by atoms with Crippen molar-refractivity contribution in [3.63, 3.8) is 0 Å². The Morgan fingerprint density at radius 2 is 2.19 bits per heavy atom. The van der Waals surface area contributed by atoms with Crippen molar-refractivity contribution in [1.29, 1.82) is 0 Å². The van der Waals surface area contributed by atoms with Gasteiger partial charge in [0.1, 0.15) is 0 Å². The molecule has 0 bridgehead atoms. The van der Waals surface area contributed by atoms with E-state index >= 15 is 0 Å². The monoisotopic (exact) mass is 345 g/mol. The van der Waals surface area contributed by atoms with Gasteiger partial charge >= 0.3 is 0 Å². The molecule has 5 nitrogen and oxygen atoms in total. The van der Waals surface area contributed by atoms with Gasteiger partial charge in [-0.25, -0.2) is 4.98 Å². The molecule has 1 amide bonds. The molecule has 0 saturated heterocycles. The topological polar surface area (TPSA) is 66.6 Å². The van der Waals surface area contributed by atoms with Gasteiger partial charge in [-0.15, -0.1) is 0 Å². The molecule has 0 unspecified atom stereocenters. The van der Waals surface area contributed by atoms with Crippen LogP contribution in [-0.2, 0) is 6.54 Å². The molecular formula is C15H12BrN3O2. The molecule has 2 heterocycles. The largest absolute Gasteiger partial charge is 0.504 e. The highest BCUT2D eigenvalue weighted by atomic mass is 79.9. The van der Waals surface area contributed by atoms with Crippen LogP contribution in [0, 0.1) is 0 Å². The smallest absolute Gasteiger partial charge is 0.251 e. The first-order chi connectivity index (χ1) is 10.1. The maximum Gasteiger partial charge on any atom is 0.251 e. The van der Waals surface area contributed by atoms with E-state index in [1.807, 2.05) is 12.1 Å². The van der Waals surface area contributed by atoms with Gasteiger partial charge in [0, 0.05) is 22.4 Å². The van der Waals surface area contributed by atoms with Crippen LogP contribution in [0.2, 0.25) is 0 Å². The zero-order valence-corrected chi connectivity index (χ0v) is 12.5. The van der Waals surface area contributed by atoms with Crippen LogP contribution in [0.4, 0.5) is 0 Å². The maximum atomic E-state index is 12.0. The molecule has 0 aliphatic rings. The number of nitrogens with zero attached hydrogens (tertiary/aromatic N) is 2. The molecule has 3 aromatic rings. The Bertz CT molecular complexity index is 814. The quantitative estimate of drug-likeness (QED) is 0.766. The van der Waals surface area contributed by atoms with E-state index in [0.717, 1.165) is 4.47 Å². The minimum Gasteiger partial charge on any atom is -0.504 e. The summed E-state index contributed by atoms with van der Waals surface area (Å²) in [6.45, 7) is 0.298. The molecule has 0 fully saturated rings. The highest BCUT2D eigenvalue weighted by Crippen LogP contribution is 2.17. The fraction of sp³-hybridized carbons (Fsp3) is 0.0667. The fourth-order valence-electron chi connectivity index (χ4n) is 2.04. The number of fused-ring (bicyclic) bond motifs is 1. The summed E-state index contributed by atoms with van der Waals surface area (Å²) in [5.41, 5.74) is 1.74. The van der Waals surface area contributed by atoms with Crippen molar-refractivity contribution in [1.82, 2.24) is 14.7 Å². The van der Waals surface area contributed by atoms with Gasteiger partial charge in [-0.2, -0.15) is 0 Å².